The largest absolute Gasteiger partial charge is 0.505 e. The molecule has 0 bridgehead atoms. The molecule has 88 valence electrons. The van der Waals surface area contributed by atoms with Crippen LogP contribution in [0.2, 0.25) is 0 Å². The molecule has 5 N–H and O–H groups in total. The van der Waals surface area contributed by atoms with Crippen molar-refractivity contribution in [2.45, 2.75) is 6.92 Å². The van der Waals surface area contributed by atoms with Crippen LogP contribution in [-0.4, -0.2) is 5.11 Å². The Balaban J connectivity index is 2.17. The van der Waals surface area contributed by atoms with Crippen molar-refractivity contribution in [2.75, 3.05) is 16.6 Å². The third-order valence-corrected chi connectivity index (χ3v) is 2.52. The van der Waals surface area contributed by atoms with E-state index in [1.807, 2.05) is 37.3 Å². The predicted molar refractivity (Wildman–Crippen MR) is 70.9 cm³/mol. The van der Waals surface area contributed by atoms with E-state index in [0.29, 0.717) is 11.4 Å². The zero-order valence-electron chi connectivity index (χ0n) is 9.57. The molecule has 4 heteroatoms. The summed E-state index contributed by atoms with van der Waals surface area (Å²) in [7, 11) is 0. The van der Waals surface area contributed by atoms with Gasteiger partial charge in [-0.1, -0.05) is 24.3 Å². The zero-order chi connectivity index (χ0) is 12.3. The molecule has 0 saturated carbocycles. The van der Waals surface area contributed by atoms with Gasteiger partial charge in [-0.2, -0.15) is 0 Å². The van der Waals surface area contributed by atoms with E-state index in [4.69, 9.17) is 5.73 Å². The highest BCUT2D eigenvalue weighted by Crippen LogP contribution is 2.32. The standard InChI is InChI=1S/C13H15N3O/c1-9-7-8-11(14)12(13(9)17)16-15-10-5-3-2-4-6-10/h2-8,15-17H,14H2,1H3. The van der Waals surface area contributed by atoms with Crippen LogP contribution in [0, 0.1) is 6.92 Å². The molecule has 0 radical (unpaired) electrons. The van der Waals surface area contributed by atoms with Crippen molar-refractivity contribution in [3.63, 3.8) is 0 Å². The molecule has 0 amide bonds. The van der Waals surface area contributed by atoms with Gasteiger partial charge in [0, 0.05) is 0 Å². The van der Waals surface area contributed by atoms with Crippen molar-refractivity contribution in [2.24, 2.45) is 0 Å². The van der Waals surface area contributed by atoms with Crippen LogP contribution in [0.1, 0.15) is 5.56 Å². The summed E-state index contributed by atoms with van der Waals surface area (Å²) in [6.07, 6.45) is 0. The summed E-state index contributed by atoms with van der Waals surface area (Å²) in [5.41, 5.74) is 14.3. The van der Waals surface area contributed by atoms with Crippen molar-refractivity contribution >= 4 is 17.1 Å². The first-order valence-corrected chi connectivity index (χ1v) is 5.33. The number of nitrogens with two attached hydrogens (primary N) is 1. The van der Waals surface area contributed by atoms with Gasteiger partial charge in [0.1, 0.15) is 11.4 Å². The number of hydrogen-bond donors (Lipinski definition) is 4. The fraction of sp³-hybridized carbons (Fsp3) is 0.0769. The second-order valence-electron chi connectivity index (χ2n) is 3.81. The van der Waals surface area contributed by atoms with E-state index in [2.05, 4.69) is 10.9 Å². The van der Waals surface area contributed by atoms with Crippen molar-refractivity contribution in [3.05, 3.63) is 48.0 Å². The highest BCUT2D eigenvalue weighted by atomic mass is 16.3. The quantitative estimate of drug-likeness (QED) is 0.371. The molecule has 2 rings (SSSR count). The van der Waals surface area contributed by atoms with E-state index >= 15 is 0 Å². The third kappa shape index (κ3) is 2.42. The summed E-state index contributed by atoms with van der Waals surface area (Å²) in [6.45, 7) is 1.82. The fourth-order valence-electron chi connectivity index (χ4n) is 1.50. The lowest BCUT2D eigenvalue weighted by atomic mass is 10.1. The molecule has 0 unspecified atom stereocenters. The van der Waals surface area contributed by atoms with Crippen molar-refractivity contribution in [3.8, 4) is 5.75 Å². The number of hydrazine groups is 1. The molecule has 0 atom stereocenters. The number of benzene rings is 2. The van der Waals surface area contributed by atoms with Crippen LogP contribution >= 0.6 is 0 Å². The first kappa shape index (κ1) is 11.1. The number of anilines is 3. The van der Waals surface area contributed by atoms with Crippen molar-refractivity contribution in [1.82, 2.24) is 0 Å². The smallest absolute Gasteiger partial charge is 0.145 e. The number of phenols is 1. The van der Waals surface area contributed by atoms with Crippen LogP contribution < -0.4 is 16.6 Å². The number of aryl methyl sites for hydroxylation is 1. The summed E-state index contributed by atoms with van der Waals surface area (Å²) in [5.74, 6) is 0.161. The normalized spacial score (nSPS) is 9.94. The minimum absolute atomic E-state index is 0.161. The Morgan fingerprint density at radius 2 is 1.71 bits per heavy atom. The molecule has 2 aromatic rings. The van der Waals surface area contributed by atoms with Gasteiger partial charge in [0.2, 0.25) is 0 Å². The molecule has 0 spiro atoms. The Morgan fingerprint density at radius 3 is 2.41 bits per heavy atom. The van der Waals surface area contributed by atoms with E-state index in [0.717, 1.165) is 11.3 Å². The van der Waals surface area contributed by atoms with Crippen molar-refractivity contribution < 1.29 is 5.11 Å². The van der Waals surface area contributed by atoms with Gasteiger partial charge >= 0.3 is 0 Å². The first-order chi connectivity index (χ1) is 8.18. The Bertz CT molecular complexity index is 512. The van der Waals surface area contributed by atoms with Crippen LogP contribution in [0.3, 0.4) is 0 Å². The molecule has 0 heterocycles. The first-order valence-electron chi connectivity index (χ1n) is 5.33. The summed E-state index contributed by atoms with van der Waals surface area (Å²) in [6, 6.07) is 13.1. The van der Waals surface area contributed by atoms with E-state index in [-0.39, 0.29) is 5.75 Å². The lowest BCUT2D eigenvalue weighted by molar-refractivity contribution is 0.473. The van der Waals surface area contributed by atoms with Crippen LogP contribution in [-0.2, 0) is 0 Å². The maximum absolute atomic E-state index is 9.87. The fourth-order valence-corrected chi connectivity index (χ4v) is 1.50. The Hall–Kier alpha value is -2.36. The summed E-state index contributed by atoms with van der Waals surface area (Å²) < 4.78 is 0. The maximum atomic E-state index is 9.87. The lowest BCUT2D eigenvalue weighted by Gasteiger charge is -2.14. The summed E-state index contributed by atoms with van der Waals surface area (Å²) >= 11 is 0. The van der Waals surface area contributed by atoms with Gasteiger partial charge in [0.05, 0.1) is 11.4 Å². The van der Waals surface area contributed by atoms with Gasteiger partial charge in [0.15, 0.2) is 0 Å². The van der Waals surface area contributed by atoms with Gasteiger partial charge in [0.25, 0.3) is 0 Å². The van der Waals surface area contributed by atoms with Crippen molar-refractivity contribution in [1.29, 1.82) is 0 Å². The minimum Gasteiger partial charge on any atom is -0.505 e. The number of rotatable bonds is 3. The second kappa shape index (κ2) is 4.65. The number of aromatic hydroxyl groups is 1. The number of para-hydroxylation sites is 1. The number of phenolic OH excluding ortho intramolecular Hbond substituents is 1. The number of nitrogen functional groups attached to an aromatic ring is 1. The predicted octanol–water partition coefficient (Wildman–Crippen LogP) is 2.72. The molecule has 17 heavy (non-hydrogen) atoms. The molecule has 0 aliphatic heterocycles. The van der Waals surface area contributed by atoms with Gasteiger partial charge in [-0.3, -0.25) is 5.43 Å². The van der Waals surface area contributed by atoms with Crippen LogP contribution in [0.15, 0.2) is 42.5 Å². The molecule has 0 aromatic heterocycles. The molecule has 0 saturated heterocycles. The van der Waals surface area contributed by atoms with Gasteiger partial charge < -0.3 is 16.3 Å². The lowest BCUT2D eigenvalue weighted by Crippen LogP contribution is -2.10. The number of hydrogen-bond acceptors (Lipinski definition) is 4. The molecule has 2 aromatic carbocycles. The molecule has 0 aliphatic rings. The van der Waals surface area contributed by atoms with Gasteiger partial charge in [-0.25, -0.2) is 0 Å². The van der Waals surface area contributed by atoms with E-state index in [1.165, 1.54) is 0 Å². The zero-order valence-corrected chi connectivity index (χ0v) is 9.57. The van der Waals surface area contributed by atoms with E-state index in [9.17, 15) is 5.11 Å². The summed E-state index contributed by atoms with van der Waals surface area (Å²) in [4.78, 5) is 0. The topological polar surface area (TPSA) is 70.3 Å². The molecule has 0 aliphatic carbocycles. The minimum atomic E-state index is 0.161. The van der Waals surface area contributed by atoms with E-state index < -0.39 is 0 Å². The molecular formula is C13H15N3O. The molecular weight excluding hydrogens is 214 g/mol. The highest BCUT2D eigenvalue weighted by Gasteiger charge is 2.07. The Morgan fingerprint density at radius 1 is 1.00 bits per heavy atom. The second-order valence-corrected chi connectivity index (χ2v) is 3.81. The number of nitrogens with one attached hydrogen (secondary N) is 2. The maximum Gasteiger partial charge on any atom is 0.145 e. The SMILES string of the molecule is Cc1ccc(N)c(NNc2ccccc2)c1O. The average molecular weight is 229 g/mol. The monoisotopic (exact) mass is 229 g/mol. The van der Waals surface area contributed by atoms with Crippen LogP contribution in [0.5, 0.6) is 5.75 Å². The average Bonchev–Trinajstić information content (AvgIpc) is 2.35. The van der Waals surface area contributed by atoms with E-state index in [1.54, 1.807) is 12.1 Å². The molecule has 4 nitrogen and oxygen atoms in total. The Kier molecular flexibility index (Phi) is 3.05. The highest BCUT2D eigenvalue weighted by molar-refractivity contribution is 5.76. The van der Waals surface area contributed by atoms with Gasteiger partial charge in [-0.05, 0) is 30.7 Å². The third-order valence-electron chi connectivity index (χ3n) is 2.52. The van der Waals surface area contributed by atoms with Gasteiger partial charge in [-0.15, -0.1) is 0 Å². The van der Waals surface area contributed by atoms with Crippen LogP contribution in [0.4, 0.5) is 17.1 Å². The summed E-state index contributed by atoms with van der Waals surface area (Å²) in [5, 5.41) is 9.87. The molecule has 0 fully saturated rings. The Labute approximate surface area is 100 Å². The van der Waals surface area contributed by atoms with Crippen LogP contribution in [0.25, 0.3) is 0 Å².